The Morgan fingerprint density at radius 3 is 2.00 bits per heavy atom. The Balaban J connectivity index is 1.47. The van der Waals surface area contributed by atoms with Gasteiger partial charge in [0.15, 0.2) is 0 Å². The normalized spacial score (nSPS) is 32.3. The van der Waals surface area contributed by atoms with Crippen molar-refractivity contribution in [3.63, 3.8) is 0 Å². The van der Waals surface area contributed by atoms with Crippen LogP contribution >= 0.6 is 0 Å². The van der Waals surface area contributed by atoms with Gasteiger partial charge < -0.3 is 0 Å². The van der Waals surface area contributed by atoms with Crippen LogP contribution < -0.4 is 0 Å². The molecule has 0 amide bonds. The van der Waals surface area contributed by atoms with Crippen LogP contribution in [0.15, 0.2) is 11.6 Å². The van der Waals surface area contributed by atoms with Crippen LogP contribution in [0.2, 0.25) is 0 Å². The summed E-state index contributed by atoms with van der Waals surface area (Å²) in [5.41, 5.74) is 1.75. The predicted molar refractivity (Wildman–Crippen MR) is 87.2 cm³/mol. The van der Waals surface area contributed by atoms with E-state index in [2.05, 4.69) is 19.9 Å². The van der Waals surface area contributed by atoms with Gasteiger partial charge >= 0.3 is 0 Å². The Kier molecular flexibility index (Phi) is 4.89. The first kappa shape index (κ1) is 14.7. The highest BCUT2D eigenvalue weighted by atomic mass is 14.4. The van der Waals surface area contributed by atoms with Gasteiger partial charge in [0.05, 0.1) is 0 Å². The summed E-state index contributed by atoms with van der Waals surface area (Å²) in [4.78, 5) is 0. The van der Waals surface area contributed by atoms with E-state index in [0.717, 1.165) is 17.8 Å². The molecule has 0 bridgehead atoms. The van der Waals surface area contributed by atoms with Crippen molar-refractivity contribution in [2.75, 3.05) is 0 Å². The highest BCUT2D eigenvalue weighted by Gasteiger charge is 2.31. The molecule has 3 aliphatic rings. The first-order chi connectivity index (χ1) is 9.72. The second kappa shape index (κ2) is 6.67. The molecular weight excluding hydrogens is 240 g/mol. The molecule has 3 rings (SSSR count). The smallest absolute Gasteiger partial charge is 0.000566 e. The van der Waals surface area contributed by atoms with Crippen LogP contribution in [0.1, 0.15) is 84.5 Å². The third-order valence-electron chi connectivity index (χ3n) is 6.21. The van der Waals surface area contributed by atoms with Gasteiger partial charge in [-0.05, 0) is 81.5 Å². The molecule has 0 N–H and O–H groups in total. The predicted octanol–water partition coefficient (Wildman–Crippen LogP) is 6.28. The average Bonchev–Trinajstić information content (AvgIpc) is 2.49. The van der Waals surface area contributed by atoms with Gasteiger partial charge in [-0.1, -0.05) is 38.3 Å². The van der Waals surface area contributed by atoms with Crippen LogP contribution in [0.4, 0.5) is 0 Å². The Labute approximate surface area is 126 Å². The van der Waals surface area contributed by atoms with E-state index in [-0.39, 0.29) is 0 Å². The van der Waals surface area contributed by atoms with E-state index in [1.165, 1.54) is 70.6 Å². The molecule has 112 valence electrons. The van der Waals surface area contributed by atoms with E-state index in [1.807, 2.05) is 11.8 Å². The van der Waals surface area contributed by atoms with Crippen molar-refractivity contribution in [1.29, 1.82) is 0 Å². The summed E-state index contributed by atoms with van der Waals surface area (Å²) >= 11 is 0. The van der Waals surface area contributed by atoms with E-state index < -0.39 is 0 Å². The maximum absolute atomic E-state index is 2.57. The third-order valence-corrected chi connectivity index (χ3v) is 6.21. The zero-order valence-electron chi connectivity index (χ0n) is 13.6. The summed E-state index contributed by atoms with van der Waals surface area (Å²) in [5, 5.41) is 0. The van der Waals surface area contributed by atoms with Gasteiger partial charge in [0.25, 0.3) is 0 Å². The number of hydrogen-bond acceptors (Lipinski definition) is 0. The summed E-state index contributed by atoms with van der Waals surface area (Å²) in [5.74, 6) is 6.66. The minimum atomic E-state index is 0.926. The summed E-state index contributed by atoms with van der Waals surface area (Å²) < 4.78 is 0. The lowest BCUT2D eigenvalue weighted by Gasteiger charge is -2.38. The Hall–Kier alpha value is -0.260. The molecule has 0 saturated heterocycles. The molecule has 2 radical (unpaired) electrons. The summed E-state index contributed by atoms with van der Waals surface area (Å²) in [7, 11) is 0. The molecule has 0 aromatic heterocycles. The molecule has 0 heteroatoms. The average molecular weight is 272 g/mol. The topological polar surface area (TPSA) is 0 Å². The van der Waals surface area contributed by atoms with Crippen LogP contribution in [0.3, 0.4) is 0 Å². The third kappa shape index (κ3) is 3.49. The zero-order chi connectivity index (χ0) is 13.9. The molecule has 0 aromatic carbocycles. The maximum atomic E-state index is 2.57. The van der Waals surface area contributed by atoms with Gasteiger partial charge in [0.1, 0.15) is 0 Å². The Morgan fingerprint density at radius 2 is 1.40 bits per heavy atom. The molecule has 0 heterocycles. The molecule has 0 aliphatic heterocycles. The SMILES string of the molecule is CC1CC=C([C]2CCC([C]3CCC(C)CC3)CC2)CC1. The quantitative estimate of drug-likeness (QED) is 0.554. The van der Waals surface area contributed by atoms with E-state index in [1.54, 1.807) is 5.57 Å². The molecule has 0 aromatic rings. The van der Waals surface area contributed by atoms with Crippen LogP contribution in [0.5, 0.6) is 0 Å². The molecule has 0 nitrogen and oxygen atoms in total. The van der Waals surface area contributed by atoms with E-state index in [4.69, 9.17) is 0 Å². The van der Waals surface area contributed by atoms with Gasteiger partial charge in [-0.15, -0.1) is 0 Å². The second-order valence-electron chi connectivity index (χ2n) is 7.83. The van der Waals surface area contributed by atoms with Crippen LogP contribution in [-0.4, -0.2) is 0 Å². The zero-order valence-corrected chi connectivity index (χ0v) is 13.6. The second-order valence-corrected chi connectivity index (χ2v) is 7.83. The fourth-order valence-corrected chi connectivity index (χ4v) is 4.52. The highest BCUT2D eigenvalue weighted by molar-refractivity contribution is 5.27. The van der Waals surface area contributed by atoms with E-state index >= 15 is 0 Å². The molecule has 2 fully saturated rings. The molecule has 3 aliphatic carbocycles. The lowest BCUT2D eigenvalue weighted by molar-refractivity contribution is 0.305. The van der Waals surface area contributed by atoms with Gasteiger partial charge in [0.2, 0.25) is 0 Å². The monoisotopic (exact) mass is 272 g/mol. The maximum Gasteiger partial charge on any atom is 0.000566 e. The number of hydrogen-bond donors (Lipinski definition) is 0. The summed E-state index contributed by atoms with van der Waals surface area (Å²) in [6, 6.07) is 0. The van der Waals surface area contributed by atoms with Gasteiger partial charge in [-0.3, -0.25) is 0 Å². The van der Waals surface area contributed by atoms with Gasteiger partial charge in [-0.2, -0.15) is 0 Å². The Bertz CT molecular complexity index is 324. The Morgan fingerprint density at radius 1 is 0.750 bits per heavy atom. The summed E-state index contributed by atoms with van der Waals surface area (Å²) in [6.45, 7) is 4.83. The van der Waals surface area contributed by atoms with E-state index in [0.29, 0.717) is 0 Å². The molecule has 2 saturated carbocycles. The van der Waals surface area contributed by atoms with Crippen LogP contribution in [0.25, 0.3) is 0 Å². The minimum absolute atomic E-state index is 0.926. The largest absolute Gasteiger partial charge is 0.0845 e. The lowest BCUT2D eigenvalue weighted by atomic mass is 9.67. The fraction of sp³-hybridized carbons (Fsp3) is 0.800. The van der Waals surface area contributed by atoms with Gasteiger partial charge in [-0.25, -0.2) is 0 Å². The van der Waals surface area contributed by atoms with Gasteiger partial charge in [0, 0.05) is 5.92 Å². The van der Waals surface area contributed by atoms with Crippen LogP contribution in [0, 0.1) is 29.6 Å². The minimum Gasteiger partial charge on any atom is -0.0845 e. The molecular formula is C20H32. The van der Waals surface area contributed by atoms with Crippen molar-refractivity contribution in [3.05, 3.63) is 23.5 Å². The first-order valence-electron chi connectivity index (χ1n) is 9.11. The van der Waals surface area contributed by atoms with Crippen molar-refractivity contribution >= 4 is 0 Å². The number of allylic oxidation sites excluding steroid dienone is 2. The van der Waals surface area contributed by atoms with Crippen molar-refractivity contribution in [3.8, 4) is 0 Å². The lowest BCUT2D eigenvalue weighted by Crippen LogP contribution is -2.24. The summed E-state index contributed by atoms with van der Waals surface area (Å²) in [6.07, 6.45) is 18.3. The molecule has 0 spiro atoms. The van der Waals surface area contributed by atoms with E-state index in [9.17, 15) is 0 Å². The van der Waals surface area contributed by atoms with Crippen molar-refractivity contribution < 1.29 is 0 Å². The van der Waals surface area contributed by atoms with Crippen LogP contribution in [-0.2, 0) is 0 Å². The fourth-order valence-electron chi connectivity index (χ4n) is 4.52. The first-order valence-corrected chi connectivity index (χ1v) is 9.11. The standard InChI is InChI=1S/C20H32/c1-15-3-7-17(8-4-15)19-11-13-20(14-12-19)18-9-5-16(2)6-10-18/h7,15-16,20H,3-6,8-14H2,1-2H3. The number of rotatable bonds is 2. The molecule has 1 atom stereocenters. The molecule has 1 unspecified atom stereocenters. The van der Waals surface area contributed by atoms with Crippen molar-refractivity contribution in [1.82, 2.24) is 0 Å². The van der Waals surface area contributed by atoms with Crippen molar-refractivity contribution in [2.24, 2.45) is 17.8 Å². The van der Waals surface area contributed by atoms with Crippen molar-refractivity contribution in [2.45, 2.75) is 84.5 Å². The molecule has 20 heavy (non-hydrogen) atoms. The highest BCUT2D eigenvalue weighted by Crippen LogP contribution is 2.46.